The number of ether oxygens (including phenoxy) is 1. The van der Waals surface area contributed by atoms with E-state index in [-0.39, 0.29) is 17.3 Å². The van der Waals surface area contributed by atoms with E-state index in [9.17, 15) is 14.9 Å². The number of non-ortho nitro benzene ring substituents is 1. The summed E-state index contributed by atoms with van der Waals surface area (Å²) < 4.78 is 4.73. The number of anilines is 1. The maximum Gasteiger partial charge on any atom is 0.340 e. The van der Waals surface area contributed by atoms with Crippen LogP contribution < -0.4 is 5.32 Å². The zero-order valence-corrected chi connectivity index (χ0v) is 12.3. The second-order valence-corrected chi connectivity index (χ2v) is 5.49. The van der Waals surface area contributed by atoms with Crippen LogP contribution in [0.4, 0.5) is 11.4 Å². The molecule has 0 bridgehead atoms. The average molecular weight is 292 g/mol. The number of hydrogen-bond acceptors (Lipinski definition) is 5. The lowest BCUT2D eigenvalue weighted by atomic mass is 9.85. The highest BCUT2D eigenvalue weighted by atomic mass is 16.6. The minimum atomic E-state index is -0.565. The van der Waals surface area contributed by atoms with E-state index in [1.807, 2.05) is 0 Å². The smallest absolute Gasteiger partial charge is 0.340 e. The fourth-order valence-electron chi connectivity index (χ4n) is 2.78. The van der Waals surface area contributed by atoms with Gasteiger partial charge in [0, 0.05) is 23.9 Å². The molecule has 21 heavy (non-hydrogen) atoms. The molecule has 6 heteroatoms. The SMILES string of the molecule is COC(=O)c1cc([N+](=O)[O-])ccc1N[C@H]1CCCC[C@@H]1C. The predicted molar refractivity (Wildman–Crippen MR) is 79.5 cm³/mol. The van der Waals surface area contributed by atoms with Gasteiger partial charge >= 0.3 is 5.97 Å². The highest BCUT2D eigenvalue weighted by Gasteiger charge is 2.24. The van der Waals surface area contributed by atoms with Crippen molar-refractivity contribution in [1.82, 2.24) is 0 Å². The highest BCUT2D eigenvalue weighted by Crippen LogP contribution is 2.29. The number of carbonyl (C=O) groups is 1. The molecule has 0 radical (unpaired) electrons. The molecule has 114 valence electrons. The average Bonchev–Trinajstić information content (AvgIpc) is 2.49. The van der Waals surface area contributed by atoms with Gasteiger partial charge in [-0.1, -0.05) is 19.8 Å². The summed E-state index contributed by atoms with van der Waals surface area (Å²) in [5.41, 5.74) is 0.702. The van der Waals surface area contributed by atoms with Gasteiger partial charge in [0.05, 0.1) is 17.6 Å². The molecule has 6 nitrogen and oxygen atoms in total. The zero-order valence-electron chi connectivity index (χ0n) is 12.3. The molecule has 1 aliphatic carbocycles. The van der Waals surface area contributed by atoms with Crippen LogP contribution in [0, 0.1) is 16.0 Å². The van der Waals surface area contributed by atoms with E-state index in [1.54, 1.807) is 6.07 Å². The number of rotatable bonds is 4. The number of nitrogens with one attached hydrogen (secondary N) is 1. The van der Waals surface area contributed by atoms with Crippen LogP contribution in [0.25, 0.3) is 0 Å². The zero-order chi connectivity index (χ0) is 15.4. The Balaban J connectivity index is 2.29. The molecule has 0 unspecified atom stereocenters. The van der Waals surface area contributed by atoms with Crippen LogP contribution in [0.5, 0.6) is 0 Å². The second kappa shape index (κ2) is 6.56. The van der Waals surface area contributed by atoms with Gasteiger partial charge in [-0.2, -0.15) is 0 Å². The van der Waals surface area contributed by atoms with Crippen molar-refractivity contribution in [1.29, 1.82) is 0 Å². The number of esters is 1. The minimum absolute atomic E-state index is 0.113. The largest absolute Gasteiger partial charge is 0.465 e. The number of methoxy groups -OCH3 is 1. The first-order chi connectivity index (χ1) is 10.0. The number of nitro groups is 1. The number of carbonyl (C=O) groups excluding carboxylic acids is 1. The van der Waals surface area contributed by atoms with Crippen molar-refractivity contribution in [3.63, 3.8) is 0 Å². The molecular weight excluding hydrogens is 272 g/mol. The van der Waals surface area contributed by atoms with Crippen molar-refractivity contribution < 1.29 is 14.5 Å². The molecule has 1 aromatic rings. The number of nitrogens with zero attached hydrogens (tertiary/aromatic N) is 1. The number of hydrogen-bond donors (Lipinski definition) is 1. The maximum absolute atomic E-state index is 11.8. The first-order valence-electron chi connectivity index (χ1n) is 7.16. The van der Waals surface area contributed by atoms with Crippen LogP contribution in [0.2, 0.25) is 0 Å². The minimum Gasteiger partial charge on any atom is -0.465 e. The lowest BCUT2D eigenvalue weighted by Gasteiger charge is -2.30. The van der Waals surface area contributed by atoms with Crippen LogP contribution in [0.3, 0.4) is 0 Å². The van der Waals surface area contributed by atoms with Crippen LogP contribution in [0.1, 0.15) is 43.0 Å². The van der Waals surface area contributed by atoms with Gasteiger partial charge in [0.1, 0.15) is 0 Å². The molecule has 0 amide bonds. The fourth-order valence-corrected chi connectivity index (χ4v) is 2.78. The molecule has 1 saturated carbocycles. The standard InChI is InChI=1S/C15H20N2O4/c1-10-5-3-4-6-13(10)16-14-8-7-11(17(19)20)9-12(14)15(18)21-2/h7-10,13,16H,3-6H2,1-2H3/t10-,13-/m0/s1. The molecule has 1 N–H and O–H groups in total. The van der Waals surface area contributed by atoms with Crippen molar-refractivity contribution in [3.8, 4) is 0 Å². The van der Waals surface area contributed by atoms with Crippen LogP contribution in [0.15, 0.2) is 18.2 Å². The lowest BCUT2D eigenvalue weighted by molar-refractivity contribution is -0.384. The van der Waals surface area contributed by atoms with E-state index in [1.165, 1.54) is 25.7 Å². The topological polar surface area (TPSA) is 81.5 Å². The fraction of sp³-hybridized carbons (Fsp3) is 0.533. The summed E-state index contributed by atoms with van der Waals surface area (Å²) in [5, 5.41) is 14.2. The summed E-state index contributed by atoms with van der Waals surface area (Å²) in [6, 6.07) is 4.54. The summed E-state index contributed by atoms with van der Waals surface area (Å²) in [6.45, 7) is 2.18. The van der Waals surface area contributed by atoms with Crippen LogP contribution in [-0.2, 0) is 4.74 Å². The van der Waals surface area contributed by atoms with Gasteiger partial charge < -0.3 is 10.1 Å². The quantitative estimate of drug-likeness (QED) is 0.522. The second-order valence-electron chi connectivity index (χ2n) is 5.49. The monoisotopic (exact) mass is 292 g/mol. The Bertz CT molecular complexity index is 544. The third-order valence-electron chi connectivity index (χ3n) is 4.07. The Kier molecular flexibility index (Phi) is 4.77. The molecule has 1 aliphatic rings. The number of benzene rings is 1. The molecule has 0 saturated heterocycles. The Morgan fingerprint density at radius 2 is 2.10 bits per heavy atom. The van der Waals surface area contributed by atoms with Gasteiger partial charge in [-0.15, -0.1) is 0 Å². The predicted octanol–water partition coefficient (Wildman–Crippen LogP) is 3.37. The first kappa shape index (κ1) is 15.3. The van der Waals surface area contributed by atoms with Gasteiger partial charge in [0.2, 0.25) is 0 Å². The summed E-state index contributed by atoms with van der Waals surface area (Å²) in [4.78, 5) is 22.2. The molecule has 0 heterocycles. The molecule has 0 aromatic heterocycles. The van der Waals surface area contributed by atoms with Crippen molar-refractivity contribution in [3.05, 3.63) is 33.9 Å². The highest BCUT2D eigenvalue weighted by molar-refractivity contribution is 5.96. The van der Waals surface area contributed by atoms with Crippen LogP contribution >= 0.6 is 0 Å². The molecule has 2 atom stereocenters. The molecule has 0 aliphatic heterocycles. The van der Waals surface area contributed by atoms with Gasteiger partial charge in [-0.25, -0.2) is 4.79 Å². The van der Waals surface area contributed by atoms with Gasteiger partial charge in [-0.05, 0) is 24.8 Å². The van der Waals surface area contributed by atoms with E-state index in [4.69, 9.17) is 4.74 Å². The molecular formula is C15H20N2O4. The van der Waals surface area contributed by atoms with E-state index < -0.39 is 10.9 Å². The first-order valence-corrected chi connectivity index (χ1v) is 7.16. The number of nitro benzene ring substituents is 1. The Hall–Kier alpha value is -2.11. The van der Waals surface area contributed by atoms with Gasteiger partial charge in [0.15, 0.2) is 0 Å². The van der Waals surface area contributed by atoms with E-state index in [0.29, 0.717) is 11.6 Å². The van der Waals surface area contributed by atoms with Crippen LogP contribution in [-0.4, -0.2) is 24.0 Å². The Morgan fingerprint density at radius 3 is 2.71 bits per heavy atom. The van der Waals surface area contributed by atoms with E-state index in [0.717, 1.165) is 19.3 Å². The van der Waals surface area contributed by atoms with Crippen molar-refractivity contribution in [2.45, 2.75) is 38.6 Å². The van der Waals surface area contributed by atoms with Gasteiger partial charge in [-0.3, -0.25) is 10.1 Å². The van der Waals surface area contributed by atoms with Crippen molar-refractivity contribution >= 4 is 17.3 Å². The third kappa shape index (κ3) is 3.51. The third-order valence-corrected chi connectivity index (χ3v) is 4.07. The molecule has 0 spiro atoms. The van der Waals surface area contributed by atoms with E-state index >= 15 is 0 Å². The lowest BCUT2D eigenvalue weighted by Crippen LogP contribution is -2.31. The maximum atomic E-state index is 11.8. The summed E-state index contributed by atoms with van der Waals surface area (Å²) in [7, 11) is 1.27. The normalized spacial score (nSPS) is 21.6. The Labute approximate surface area is 123 Å². The molecule has 1 fully saturated rings. The van der Waals surface area contributed by atoms with E-state index in [2.05, 4.69) is 12.2 Å². The van der Waals surface area contributed by atoms with Gasteiger partial charge in [0.25, 0.3) is 5.69 Å². The van der Waals surface area contributed by atoms with Crippen molar-refractivity contribution in [2.75, 3.05) is 12.4 Å². The summed E-state index contributed by atoms with van der Waals surface area (Å²) >= 11 is 0. The van der Waals surface area contributed by atoms with Crippen molar-refractivity contribution in [2.24, 2.45) is 5.92 Å². The summed E-state index contributed by atoms with van der Waals surface area (Å²) in [5.74, 6) is -0.0518. The summed E-state index contributed by atoms with van der Waals surface area (Å²) in [6.07, 6.45) is 4.57. The molecule has 1 aromatic carbocycles. The molecule has 2 rings (SSSR count). The Morgan fingerprint density at radius 1 is 1.38 bits per heavy atom.